The average molecular weight is 337 g/mol. The van der Waals surface area contributed by atoms with E-state index < -0.39 is 0 Å². The highest BCUT2D eigenvalue weighted by atomic mass is 16.1. The highest BCUT2D eigenvalue weighted by molar-refractivity contribution is 5.73. The Balaban J connectivity index is 1.47. The number of para-hydroxylation sites is 1. The van der Waals surface area contributed by atoms with Crippen molar-refractivity contribution in [3.05, 3.63) is 42.2 Å². The van der Waals surface area contributed by atoms with Gasteiger partial charge in [0, 0.05) is 44.7 Å². The third kappa shape index (κ3) is 3.29. The molecule has 2 aliphatic rings. The van der Waals surface area contributed by atoms with Crippen LogP contribution in [0.1, 0.15) is 25.5 Å². The van der Waals surface area contributed by atoms with Gasteiger partial charge >= 0.3 is 0 Å². The average Bonchev–Trinajstić information content (AvgIpc) is 3.06. The molecular formula is C19H23N5O. The first-order valence-electron chi connectivity index (χ1n) is 8.91. The van der Waals surface area contributed by atoms with Gasteiger partial charge in [-0.25, -0.2) is 9.97 Å². The number of aromatic nitrogens is 2. The van der Waals surface area contributed by atoms with Crippen LogP contribution < -0.4 is 15.1 Å². The minimum absolute atomic E-state index is 0.0493. The molecule has 6 nitrogen and oxygen atoms in total. The zero-order chi connectivity index (χ0) is 17.2. The van der Waals surface area contributed by atoms with E-state index in [2.05, 4.69) is 44.4 Å². The minimum Gasteiger partial charge on any atom is -0.353 e. The van der Waals surface area contributed by atoms with Gasteiger partial charge < -0.3 is 15.1 Å². The first-order valence-corrected chi connectivity index (χ1v) is 8.91. The third-order valence-corrected chi connectivity index (χ3v) is 4.95. The number of rotatable bonds is 3. The van der Waals surface area contributed by atoms with Crippen LogP contribution in [-0.2, 0) is 11.2 Å². The molecule has 0 saturated carbocycles. The van der Waals surface area contributed by atoms with Gasteiger partial charge in [0.15, 0.2) is 0 Å². The van der Waals surface area contributed by atoms with Gasteiger partial charge in [-0.15, -0.1) is 0 Å². The predicted octanol–water partition coefficient (Wildman–Crippen LogP) is 2.28. The van der Waals surface area contributed by atoms with E-state index in [1.807, 2.05) is 12.3 Å². The number of carbonyl (C=O) groups excluding carboxylic acids is 1. The van der Waals surface area contributed by atoms with Gasteiger partial charge in [0.25, 0.3) is 0 Å². The number of nitrogens with zero attached hydrogens (tertiary/aromatic N) is 4. The molecule has 1 saturated heterocycles. The smallest absolute Gasteiger partial charge is 0.225 e. The summed E-state index contributed by atoms with van der Waals surface area (Å²) in [5.74, 6) is 0.864. The topological polar surface area (TPSA) is 61.4 Å². The van der Waals surface area contributed by atoms with Crippen molar-refractivity contribution in [2.24, 2.45) is 0 Å². The Morgan fingerprint density at radius 1 is 1.16 bits per heavy atom. The lowest BCUT2D eigenvalue weighted by atomic mass is 10.1. The lowest BCUT2D eigenvalue weighted by Crippen LogP contribution is -2.44. The highest BCUT2D eigenvalue weighted by Crippen LogP contribution is 2.33. The standard InChI is InChI=1S/C19H23N5O/c1-14(25)21-15-7-10-23(11-8-15)19-20-13-18-17(22-19)9-12-24(18)16-5-3-2-4-6-16/h2-6,13,15H,7-12H2,1H3,(H,21,25). The van der Waals surface area contributed by atoms with Crippen molar-refractivity contribution in [2.75, 3.05) is 29.4 Å². The molecule has 1 aromatic heterocycles. The summed E-state index contributed by atoms with van der Waals surface area (Å²) < 4.78 is 0. The number of amides is 1. The Morgan fingerprint density at radius 2 is 1.92 bits per heavy atom. The predicted molar refractivity (Wildman–Crippen MR) is 98.2 cm³/mol. The normalized spacial score (nSPS) is 17.5. The van der Waals surface area contributed by atoms with E-state index in [0.29, 0.717) is 0 Å². The molecule has 1 aromatic carbocycles. The van der Waals surface area contributed by atoms with Crippen molar-refractivity contribution < 1.29 is 4.79 Å². The number of anilines is 3. The second-order valence-electron chi connectivity index (χ2n) is 6.70. The van der Waals surface area contributed by atoms with E-state index >= 15 is 0 Å². The highest BCUT2D eigenvalue weighted by Gasteiger charge is 2.26. The van der Waals surface area contributed by atoms with Gasteiger partial charge in [-0.1, -0.05) is 18.2 Å². The lowest BCUT2D eigenvalue weighted by molar-refractivity contribution is -0.119. The molecule has 1 amide bonds. The molecule has 0 unspecified atom stereocenters. The Kier molecular flexibility index (Phi) is 4.26. The van der Waals surface area contributed by atoms with Crippen LogP contribution in [0.15, 0.2) is 36.5 Å². The third-order valence-electron chi connectivity index (χ3n) is 4.95. The summed E-state index contributed by atoms with van der Waals surface area (Å²) in [7, 11) is 0. The van der Waals surface area contributed by atoms with E-state index in [4.69, 9.17) is 4.98 Å². The zero-order valence-corrected chi connectivity index (χ0v) is 14.5. The van der Waals surface area contributed by atoms with Crippen molar-refractivity contribution in [1.82, 2.24) is 15.3 Å². The van der Waals surface area contributed by atoms with Crippen LogP contribution in [0, 0.1) is 0 Å². The molecule has 2 aromatic rings. The second kappa shape index (κ2) is 6.70. The molecule has 0 atom stereocenters. The Labute approximate surface area is 147 Å². The quantitative estimate of drug-likeness (QED) is 0.931. The van der Waals surface area contributed by atoms with E-state index in [-0.39, 0.29) is 11.9 Å². The number of piperidine rings is 1. The fraction of sp³-hybridized carbons (Fsp3) is 0.421. The van der Waals surface area contributed by atoms with Crippen LogP contribution in [-0.4, -0.2) is 41.6 Å². The van der Waals surface area contributed by atoms with Gasteiger partial charge in [-0.3, -0.25) is 4.79 Å². The zero-order valence-electron chi connectivity index (χ0n) is 14.5. The molecule has 6 heteroatoms. The molecule has 0 spiro atoms. The number of hydrogen-bond acceptors (Lipinski definition) is 5. The summed E-state index contributed by atoms with van der Waals surface area (Å²) in [5.41, 5.74) is 3.43. The summed E-state index contributed by atoms with van der Waals surface area (Å²) in [6, 6.07) is 10.7. The monoisotopic (exact) mass is 337 g/mol. The fourth-order valence-electron chi connectivity index (χ4n) is 3.69. The fourth-order valence-corrected chi connectivity index (χ4v) is 3.69. The molecule has 25 heavy (non-hydrogen) atoms. The minimum atomic E-state index is 0.0493. The van der Waals surface area contributed by atoms with E-state index in [9.17, 15) is 4.79 Å². The SMILES string of the molecule is CC(=O)NC1CCN(c2ncc3c(n2)CCN3c2ccccc2)CC1. The van der Waals surface area contributed by atoms with E-state index in [1.54, 1.807) is 6.92 Å². The van der Waals surface area contributed by atoms with Crippen molar-refractivity contribution in [1.29, 1.82) is 0 Å². The number of fused-ring (bicyclic) bond motifs is 1. The number of benzene rings is 1. The van der Waals surface area contributed by atoms with Gasteiger partial charge in [0.05, 0.1) is 17.6 Å². The molecular weight excluding hydrogens is 314 g/mol. The summed E-state index contributed by atoms with van der Waals surface area (Å²) in [6.45, 7) is 4.29. The molecule has 2 aliphatic heterocycles. The second-order valence-corrected chi connectivity index (χ2v) is 6.70. The van der Waals surface area contributed by atoms with E-state index in [0.717, 1.165) is 56.2 Å². The summed E-state index contributed by atoms with van der Waals surface area (Å²) in [5, 5.41) is 3.01. The maximum absolute atomic E-state index is 11.2. The van der Waals surface area contributed by atoms with Crippen molar-refractivity contribution in [3.63, 3.8) is 0 Å². The Hall–Kier alpha value is -2.63. The van der Waals surface area contributed by atoms with Crippen molar-refractivity contribution in [3.8, 4) is 0 Å². The van der Waals surface area contributed by atoms with Crippen LogP contribution in [0.2, 0.25) is 0 Å². The summed E-state index contributed by atoms with van der Waals surface area (Å²) in [6.07, 6.45) is 4.78. The summed E-state index contributed by atoms with van der Waals surface area (Å²) >= 11 is 0. The van der Waals surface area contributed by atoms with Crippen LogP contribution in [0.5, 0.6) is 0 Å². The Bertz CT molecular complexity index is 756. The molecule has 0 bridgehead atoms. The van der Waals surface area contributed by atoms with Crippen LogP contribution >= 0.6 is 0 Å². The molecule has 130 valence electrons. The maximum atomic E-state index is 11.2. The lowest BCUT2D eigenvalue weighted by Gasteiger charge is -2.32. The van der Waals surface area contributed by atoms with Crippen LogP contribution in [0.3, 0.4) is 0 Å². The largest absolute Gasteiger partial charge is 0.353 e. The maximum Gasteiger partial charge on any atom is 0.225 e. The van der Waals surface area contributed by atoms with Gasteiger partial charge in [-0.05, 0) is 25.0 Å². The van der Waals surface area contributed by atoms with Crippen LogP contribution in [0.4, 0.5) is 17.3 Å². The molecule has 0 radical (unpaired) electrons. The molecule has 3 heterocycles. The van der Waals surface area contributed by atoms with E-state index in [1.165, 1.54) is 5.69 Å². The molecule has 4 rings (SSSR count). The Morgan fingerprint density at radius 3 is 2.64 bits per heavy atom. The first-order chi connectivity index (χ1) is 12.2. The number of nitrogens with one attached hydrogen (secondary N) is 1. The molecule has 0 aliphatic carbocycles. The molecule has 1 N–H and O–H groups in total. The summed E-state index contributed by atoms with van der Waals surface area (Å²) in [4.78, 5) is 25.1. The van der Waals surface area contributed by atoms with Gasteiger partial charge in [-0.2, -0.15) is 0 Å². The van der Waals surface area contributed by atoms with Gasteiger partial charge in [0.1, 0.15) is 0 Å². The number of hydrogen-bond donors (Lipinski definition) is 1. The number of carbonyl (C=O) groups is 1. The first kappa shape index (κ1) is 15.9. The van der Waals surface area contributed by atoms with Crippen molar-refractivity contribution in [2.45, 2.75) is 32.2 Å². The van der Waals surface area contributed by atoms with Gasteiger partial charge in [0.2, 0.25) is 11.9 Å². The van der Waals surface area contributed by atoms with Crippen LogP contribution in [0.25, 0.3) is 0 Å². The molecule has 1 fully saturated rings. The van der Waals surface area contributed by atoms with Crippen molar-refractivity contribution >= 4 is 23.2 Å².